The van der Waals surface area contributed by atoms with E-state index in [1.165, 1.54) is 4.57 Å². The summed E-state index contributed by atoms with van der Waals surface area (Å²) in [4.78, 5) is 42.0. The SMILES string of the molecule is CCn1c(=O)c(=O)[nH]c2cc(C(=O)NCCc3c[nH]c4ccccc34)ccc21. The molecule has 0 aliphatic heterocycles. The number of fused-ring (bicyclic) bond motifs is 2. The number of aryl methyl sites for hydroxylation is 1. The maximum Gasteiger partial charge on any atom is 0.316 e. The highest BCUT2D eigenvalue weighted by Gasteiger charge is 2.11. The zero-order chi connectivity index (χ0) is 19.7. The first kappa shape index (κ1) is 17.8. The third kappa shape index (κ3) is 3.11. The fourth-order valence-electron chi connectivity index (χ4n) is 3.49. The molecular formula is C21H20N4O3. The van der Waals surface area contributed by atoms with E-state index in [1.54, 1.807) is 25.1 Å². The van der Waals surface area contributed by atoms with Crippen molar-refractivity contribution in [1.82, 2.24) is 19.9 Å². The summed E-state index contributed by atoms with van der Waals surface area (Å²) >= 11 is 0. The van der Waals surface area contributed by atoms with Crippen LogP contribution in [0.5, 0.6) is 0 Å². The molecule has 2 aromatic carbocycles. The molecule has 28 heavy (non-hydrogen) atoms. The molecule has 142 valence electrons. The van der Waals surface area contributed by atoms with Gasteiger partial charge in [-0.15, -0.1) is 0 Å². The summed E-state index contributed by atoms with van der Waals surface area (Å²) in [6.07, 6.45) is 2.66. The Morgan fingerprint density at radius 1 is 1.11 bits per heavy atom. The number of hydrogen-bond acceptors (Lipinski definition) is 3. The molecule has 0 atom stereocenters. The van der Waals surface area contributed by atoms with Gasteiger partial charge in [0.1, 0.15) is 0 Å². The number of para-hydroxylation sites is 1. The van der Waals surface area contributed by atoms with E-state index in [2.05, 4.69) is 21.4 Å². The van der Waals surface area contributed by atoms with Crippen molar-refractivity contribution < 1.29 is 4.79 Å². The number of nitrogens with zero attached hydrogens (tertiary/aromatic N) is 1. The van der Waals surface area contributed by atoms with Crippen molar-refractivity contribution in [2.45, 2.75) is 19.9 Å². The van der Waals surface area contributed by atoms with Crippen LogP contribution >= 0.6 is 0 Å². The van der Waals surface area contributed by atoms with Crippen molar-refractivity contribution in [2.75, 3.05) is 6.54 Å². The van der Waals surface area contributed by atoms with Gasteiger partial charge in [0.05, 0.1) is 11.0 Å². The lowest BCUT2D eigenvalue weighted by Gasteiger charge is -2.09. The van der Waals surface area contributed by atoms with Gasteiger partial charge >= 0.3 is 11.1 Å². The van der Waals surface area contributed by atoms with Gasteiger partial charge in [0.25, 0.3) is 5.91 Å². The zero-order valence-corrected chi connectivity index (χ0v) is 15.4. The van der Waals surface area contributed by atoms with Gasteiger partial charge in [-0.3, -0.25) is 14.4 Å². The lowest BCUT2D eigenvalue weighted by atomic mass is 10.1. The van der Waals surface area contributed by atoms with Gasteiger partial charge in [-0.05, 0) is 43.2 Å². The highest BCUT2D eigenvalue weighted by atomic mass is 16.2. The van der Waals surface area contributed by atoms with Gasteiger partial charge in [-0.2, -0.15) is 0 Å². The van der Waals surface area contributed by atoms with E-state index in [4.69, 9.17) is 0 Å². The Hall–Kier alpha value is -3.61. The van der Waals surface area contributed by atoms with Crippen molar-refractivity contribution in [3.8, 4) is 0 Å². The number of H-pyrrole nitrogens is 2. The number of aromatic amines is 2. The van der Waals surface area contributed by atoms with Crippen LogP contribution in [0.2, 0.25) is 0 Å². The lowest BCUT2D eigenvalue weighted by Crippen LogP contribution is -2.36. The Balaban J connectivity index is 1.52. The summed E-state index contributed by atoms with van der Waals surface area (Å²) in [5.74, 6) is -0.225. The van der Waals surface area contributed by atoms with Crippen LogP contribution < -0.4 is 16.4 Å². The highest BCUT2D eigenvalue weighted by Crippen LogP contribution is 2.18. The van der Waals surface area contributed by atoms with Crippen LogP contribution in [0.1, 0.15) is 22.8 Å². The summed E-state index contributed by atoms with van der Waals surface area (Å²) in [6, 6.07) is 13.0. The van der Waals surface area contributed by atoms with Crippen molar-refractivity contribution in [2.24, 2.45) is 0 Å². The average Bonchev–Trinajstić information content (AvgIpc) is 3.12. The molecule has 0 aliphatic rings. The number of hydrogen-bond donors (Lipinski definition) is 3. The standard InChI is InChI=1S/C21H20N4O3/c1-2-25-18-8-7-13(11-17(18)24-20(27)21(25)28)19(26)22-10-9-14-12-23-16-6-4-3-5-15(14)16/h3-8,11-12,23H,2,9-10H2,1H3,(H,22,26)(H,24,27). The van der Waals surface area contributed by atoms with Crippen molar-refractivity contribution in [3.63, 3.8) is 0 Å². The number of carbonyl (C=O) groups excluding carboxylic acids is 1. The average molecular weight is 376 g/mol. The molecule has 3 N–H and O–H groups in total. The van der Waals surface area contributed by atoms with Crippen LogP contribution in [0.15, 0.2) is 58.3 Å². The summed E-state index contributed by atoms with van der Waals surface area (Å²) in [6.45, 7) is 2.67. The fraction of sp³-hybridized carbons (Fsp3) is 0.190. The smallest absolute Gasteiger partial charge is 0.316 e. The van der Waals surface area contributed by atoms with E-state index in [0.29, 0.717) is 36.1 Å². The zero-order valence-electron chi connectivity index (χ0n) is 15.4. The molecule has 1 amide bonds. The molecule has 0 spiro atoms. The first-order valence-electron chi connectivity index (χ1n) is 9.18. The second-order valence-corrected chi connectivity index (χ2v) is 6.60. The largest absolute Gasteiger partial charge is 0.361 e. The van der Waals surface area contributed by atoms with E-state index in [1.807, 2.05) is 24.4 Å². The van der Waals surface area contributed by atoms with E-state index >= 15 is 0 Å². The van der Waals surface area contributed by atoms with Crippen LogP contribution in [-0.4, -0.2) is 27.0 Å². The Morgan fingerprint density at radius 2 is 1.93 bits per heavy atom. The fourth-order valence-corrected chi connectivity index (χ4v) is 3.49. The Kier molecular flexibility index (Phi) is 4.57. The van der Waals surface area contributed by atoms with Crippen LogP contribution in [0.3, 0.4) is 0 Å². The molecule has 7 nitrogen and oxygen atoms in total. The van der Waals surface area contributed by atoms with Gasteiger partial charge in [0.15, 0.2) is 0 Å². The minimum Gasteiger partial charge on any atom is -0.361 e. The van der Waals surface area contributed by atoms with Crippen LogP contribution in [0.4, 0.5) is 0 Å². The third-order valence-electron chi connectivity index (χ3n) is 4.91. The molecule has 0 saturated heterocycles. The second kappa shape index (κ2) is 7.19. The number of amides is 1. The Morgan fingerprint density at radius 3 is 2.75 bits per heavy atom. The predicted octanol–water partition coefficient (Wildman–Crippen LogP) is 2.16. The molecule has 0 saturated carbocycles. The first-order chi connectivity index (χ1) is 13.6. The van der Waals surface area contributed by atoms with E-state index in [0.717, 1.165) is 16.5 Å². The summed E-state index contributed by atoms with van der Waals surface area (Å²) in [7, 11) is 0. The van der Waals surface area contributed by atoms with E-state index < -0.39 is 11.1 Å². The number of carbonyl (C=O) groups is 1. The number of benzene rings is 2. The molecule has 7 heteroatoms. The van der Waals surface area contributed by atoms with E-state index in [-0.39, 0.29) is 5.91 Å². The van der Waals surface area contributed by atoms with Crippen LogP contribution in [0.25, 0.3) is 21.9 Å². The quantitative estimate of drug-likeness (QED) is 0.465. The van der Waals surface area contributed by atoms with Gasteiger partial charge < -0.3 is 19.9 Å². The summed E-state index contributed by atoms with van der Waals surface area (Å²) in [5.41, 5.74) is 2.44. The van der Waals surface area contributed by atoms with Gasteiger partial charge in [0.2, 0.25) is 0 Å². The predicted molar refractivity (Wildman–Crippen MR) is 109 cm³/mol. The van der Waals surface area contributed by atoms with Gasteiger partial charge in [-0.25, -0.2) is 0 Å². The molecule has 2 heterocycles. The molecule has 0 unspecified atom stereocenters. The molecule has 2 aromatic heterocycles. The molecule has 4 aromatic rings. The van der Waals surface area contributed by atoms with Gasteiger partial charge in [0, 0.05) is 35.8 Å². The summed E-state index contributed by atoms with van der Waals surface area (Å²) in [5, 5.41) is 4.06. The van der Waals surface area contributed by atoms with Crippen molar-refractivity contribution in [1.29, 1.82) is 0 Å². The highest BCUT2D eigenvalue weighted by molar-refractivity contribution is 5.97. The number of rotatable bonds is 5. The Labute approximate surface area is 160 Å². The topological polar surface area (TPSA) is 99.8 Å². The molecule has 0 aliphatic carbocycles. The van der Waals surface area contributed by atoms with E-state index in [9.17, 15) is 14.4 Å². The normalized spacial score (nSPS) is 11.2. The Bertz CT molecular complexity index is 1300. The number of aromatic nitrogens is 3. The minimum absolute atomic E-state index is 0.225. The monoisotopic (exact) mass is 376 g/mol. The molecular weight excluding hydrogens is 356 g/mol. The second-order valence-electron chi connectivity index (χ2n) is 6.60. The molecule has 4 rings (SSSR count). The lowest BCUT2D eigenvalue weighted by molar-refractivity contribution is 0.0954. The van der Waals surface area contributed by atoms with Crippen LogP contribution in [0, 0.1) is 0 Å². The molecule has 0 fully saturated rings. The third-order valence-corrected chi connectivity index (χ3v) is 4.91. The van der Waals surface area contributed by atoms with Crippen LogP contribution in [-0.2, 0) is 13.0 Å². The molecule has 0 bridgehead atoms. The maximum atomic E-state index is 12.5. The van der Waals surface area contributed by atoms with Crippen molar-refractivity contribution >= 4 is 27.8 Å². The first-order valence-corrected chi connectivity index (χ1v) is 9.18. The summed E-state index contributed by atoms with van der Waals surface area (Å²) < 4.78 is 1.40. The van der Waals surface area contributed by atoms with Crippen molar-refractivity contribution in [3.05, 3.63) is 80.5 Å². The minimum atomic E-state index is -0.689. The molecule has 0 radical (unpaired) electrons. The maximum absolute atomic E-state index is 12.5. The number of nitrogens with one attached hydrogen (secondary N) is 3. The van der Waals surface area contributed by atoms with Gasteiger partial charge in [-0.1, -0.05) is 18.2 Å².